The van der Waals surface area contributed by atoms with E-state index in [-0.39, 0.29) is 0 Å². The summed E-state index contributed by atoms with van der Waals surface area (Å²) in [5.74, 6) is 1.61. The monoisotopic (exact) mass is 937 g/mol. The highest BCUT2D eigenvalue weighted by molar-refractivity contribution is 6.29. The van der Waals surface area contributed by atoms with Gasteiger partial charge >= 0.3 is 0 Å². The van der Waals surface area contributed by atoms with Crippen molar-refractivity contribution in [1.82, 2.24) is 0 Å². The molecule has 10 aromatic carbocycles. The van der Waals surface area contributed by atoms with Gasteiger partial charge in [-0.15, -0.1) is 0 Å². The van der Waals surface area contributed by atoms with Gasteiger partial charge in [-0.3, -0.25) is 0 Å². The van der Waals surface area contributed by atoms with Crippen molar-refractivity contribution in [3.8, 4) is 22.3 Å². The van der Waals surface area contributed by atoms with Gasteiger partial charge in [-0.1, -0.05) is 212 Å². The summed E-state index contributed by atoms with van der Waals surface area (Å²) in [6, 6.07) is 74.2. The molecule has 10 aromatic rings. The largest absolute Gasteiger partial charge is 0.310 e. The molecule has 0 spiro atoms. The molecule has 0 saturated heterocycles. The molecular weight excluding hydrogens is 869 g/mol. The molecule has 0 heterocycles. The second-order valence-corrected chi connectivity index (χ2v) is 21.6. The van der Waals surface area contributed by atoms with Crippen LogP contribution in [0.4, 0.5) is 34.1 Å². The number of hydrogen-bond acceptors (Lipinski definition) is 2. The molecule has 0 atom stereocenters. The minimum Gasteiger partial charge on any atom is -0.310 e. The van der Waals surface area contributed by atoms with Crippen LogP contribution in [0.3, 0.4) is 0 Å². The smallest absolute Gasteiger partial charge is 0.0543 e. The second kappa shape index (κ2) is 19.8. The normalized spacial score (nSPS) is 14.8. The first-order chi connectivity index (χ1) is 35.4. The highest BCUT2D eigenvalue weighted by Gasteiger charge is 2.31. The lowest BCUT2D eigenvalue weighted by Gasteiger charge is -2.35. The van der Waals surface area contributed by atoms with Gasteiger partial charge < -0.3 is 9.80 Å². The van der Waals surface area contributed by atoms with E-state index in [9.17, 15) is 0 Å². The second-order valence-electron chi connectivity index (χ2n) is 21.6. The average Bonchev–Trinajstić information content (AvgIpc) is 3.44. The van der Waals surface area contributed by atoms with Crippen molar-refractivity contribution in [2.24, 2.45) is 0 Å². The van der Waals surface area contributed by atoms with Crippen LogP contribution in [0.1, 0.15) is 138 Å². The van der Waals surface area contributed by atoms with Gasteiger partial charge in [0.2, 0.25) is 0 Å². The van der Waals surface area contributed by atoms with Crippen molar-refractivity contribution in [2.45, 2.75) is 116 Å². The zero-order valence-corrected chi connectivity index (χ0v) is 42.8. The molecule has 358 valence electrons. The Bertz CT molecular complexity index is 3240. The van der Waals surface area contributed by atoms with Gasteiger partial charge in [0.25, 0.3) is 0 Å². The highest BCUT2D eigenvalue weighted by Crippen LogP contribution is 2.54. The van der Waals surface area contributed by atoms with Crippen LogP contribution in [0.25, 0.3) is 54.6 Å². The van der Waals surface area contributed by atoms with Gasteiger partial charge in [0, 0.05) is 22.1 Å². The van der Waals surface area contributed by atoms with E-state index in [0.717, 1.165) is 0 Å². The van der Waals surface area contributed by atoms with Crippen LogP contribution in [-0.2, 0) is 0 Å². The summed E-state index contributed by atoms with van der Waals surface area (Å²) in [6.45, 7) is 9.42. The Kier molecular flexibility index (Phi) is 12.6. The first kappa shape index (κ1) is 45.9. The molecule has 72 heavy (non-hydrogen) atoms. The van der Waals surface area contributed by atoms with E-state index in [4.69, 9.17) is 0 Å². The summed E-state index contributed by atoms with van der Waals surface area (Å²) in [5, 5.41) is 8.34. The van der Waals surface area contributed by atoms with Crippen LogP contribution in [0, 0.1) is 0 Å². The van der Waals surface area contributed by atoms with Crippen LogP contribution in [0.15, 0.2) is 194 Å². The fourth-order valence-corrected chi connectivity index (χ4v) is 12.9. The molecule has 0 radical (unpaired) electrons. The molecule has 12 rings (SSSR count). The van der Waals surface area contributed by atoms with Crippen LogP contribution in [0.2, 0.25) is 0 Å². The third-order valence-corrected chi connectivity index (χ3v) is 16.5. The minimum absolute atomic E-state index is 0.314. The van der Waals surface area contributed by atoms with E-state index in [1.54, 1.807) is 0 Å². The molecule has 0 N–H and O–H groups in total. The van der Waals surface area contributed by atoms with E-state index in [1.807, 2.05) is 0 Å². The average molecular weight is 937 g/mol. The molecular formula is C70H68N2. The minimum atomic E-state index is 0.314. The van der Waals surface area contributed by atoms with Crippen molar-refractivity contribution in [2.75, 3.05) is 9.80 Å². The SMILES string of the molecule is CC(C)c1ccc(-c2ccccc2)cc1N(c1ccccc1)c1cc(C2CCCCC2)c2ccc3c(N(c4ccccc4)c4cc(-c5ccccc5)ccc4C(C)C)cc(C4CCCCC4)c4ccc1c2c43. The summed E-state index contributed by atoms with van der Waals surface area (Å²) in [4.78, 5) is 5.28. The molecule has 2 aliphatic carbocycles. The zero-order chi connectivity index (χ0) is 48.7. The van der Waals surface area contributed by atoms with Gasteiger partial charge in [-0.2, -0.15) is 0 Å². The summed E-state index contributed by atoms with van der Waals surface area (Å²) < 4.78 is 0. The molecule has 0 aromatic heterocycles. The van der Waals surface area contributed by atoms with E-state index in [1.165, 1.54) is 175 Å². The highest BCUT2D eigenvalue weighted by atomic mass is 15.2. The Morgan fingerprint density at radius 2 is 0.667 bits per heavy atom. The Balaban J connectivity index is 1.21. The molecule has 2 heteroatoms. The van der Waals surface area contributed by atoms with Crippen molar-refractivity contribution in [1.29, 1.82) is 0 Å². The molecule has 0 bridgehead atoms. The van der Waals surface area contributed by atoms with E-state index in [0.29, 0.717) is 23.7 Å². The molecule has 0 unspecified atom stereocenters. The predicted octanol–water partition coefficient (Wildman–Crippen LogP) is 21.2. The lowest BCUT2D eigenvalue weighted by Crippen LogP contribution is -2.16. The summed E-state index contributed by atoms with van der Waals surface area (Å²) >= 11 is 0. The van der Waals surface area contributed by atoms with Gasteiger partial charge in [-0.25, -0.2) is 0 Å². The Morgan fingerprint density at radius 1 is 0.319 bits per heavy atom. The number of hydrogen-bond donors (Lipinski definition) is 0. The maximum Gasteiger partial charge on any atom is 0.0543 e. The Morgan fingerprint density at radius 3 is 1.03 bits per heavy atom. The first-order valence-corrected chi connectivity index (χ1v) is 27.3. The van der Waals surface area contributed by atoms with E-state index >= 15 is 0 Å². The topological polar surface area (TPSA) is 6.48 Å². The predicted molar refractivity (Wildman–Crippen MR) is 310 cm³/mol. The quantitative estimate of drug-likeness (QED) is 0.113. The van der Waals surface area contributed by atoms with Gasteiger partial charge in [0.1, 0.15) is 0 Å². The van der Waals surface area contributed by atoms with Crippen LogP contribution >= 0.6 is 0 Å². The summed E-state index contributed by atoms with van der Waals surface area (Å²) in [7, 11) is 0. The molecule has 2 nitrogen and oxygen atoms in total. The maximum atomic E-state index is 2.65. The molecule has 0 aliphatic heterocycles. The zero-order valence-electron chi connectivity index (χ0n) is 42.8. The van der Waals surface area contributed by atoms with Crippen LogP contribution < -0.4 is 9.80 Å². The molecule has 2 aliphatic rings. The van der Waals surface area contributed by atoms with Crippen molar-refractivity contribution >= 4 is 66.4 Å². The van der Waals surface area contributed by atoms with Crippen LogP contribution in [-0.4, -0.2) is 0 Å². The van der Waals surface area contributed by atoms with E-state index < -0.39 is 0 Å². The number of anilines is 6. The molecule has 2 saturated carbocycles. The van der Waals surface area contributed by atoms with E-state index in [2.05, 4.69) is 232 Å². The third-order valence-electron chi connectivity index (χ3n) is 16.5. The fraction of sp³-hybridized carbons (Fsp3) is 0.257. The summed E-state index contributed by atoms with van der Waals surface area (Å²) in [6.07, 6.45) is 12.7. The first-order valence-electron chi connectivity index (χ1n) is 27.3. The number of nitrogens with zero attached hydrogens (tertiary/aromatic N) is 2. The number of rotatable bonds is 12. The lowest BCUT2D eigenvalue weighted by molar-refractivity contribution is 0.445. The van der Waals surface area contributed by atoms with Crippen molar-refractivity contribution in [3.63, 3.8) is 0 Å². The maximum absolute atomic E-state index is 2.65. The Labute approximate surface area is 428 Å². The molecule has 0 amide bonds. The van der Waals surface area contributed by atoms with Crippen molar-refractivity contribution in [3.05, 3.63) is 216 Å². The van der Waals surface area contributed by atoms with Gasteiger partial charge in [-0.05, 0) is 164 Å². The fourth-order valence-electron chi connectivity index (χ4n) is 12.9. The standard InChI is InChI=1S/C70H68N2/c1-47(2)57-37-35-53(49-23-11-5-12-24-49)43-65(57)71(55-31-19-9-20-32-55)67-45-63(51-27-15-7-16-28-51)59-40-42-62-68(46-64(52-29-17-8-18-30-52)60-39-41-61(67)69(59)70(60)62)72(56-33-21-10-22-34-56)66-44-54(36-38-58(66)48(3)4)50-25-13-6-14-26-50/h5-6,9-14,19-26,31-48,51-52H,7-8,15-18,27-30H2,1-4H3. The summed E-state index contributed by atoms with van der Waals surface area (Å²) in [5.41, 5.74) is 18.1. The van der Waals surface area contributed by atoms with Crippen LogP contribution in [0.5, 0.6) is 0 Å². The molecule has 2 fully saturated rings. The third kappa shape index (κ3) is 8.43. The number of para-hydroxylation sites is 2. The Hall–Kier alpha value is -7.16. The lowest BCUT2D eigenvalue weighted by atomic mass is 9.77. The van der Waals surface area contributed by atoms with Gasteiger partial charge in [0.05, 0.1) is 22.7 Å². The number of benzene rings is 10. The van der Waals surface area contributed by atoms with Crippen molar-refractivity contribution < 1.29 is 0 Å². The van der Waals surface area contributed by atoms with Gasteiger partial charge in [0.15, 0.2) is 0 Å².